The lowest BCUT2D eigenvalue weighted by Crippen LogP contribution is -2.36. The lowest BCUT2D eigenvalue weighted by Gasteiger charge is -2.32. The molecule has 2 aromatic rings. The minimum absolute atomic E-state index is 0.0666. The van der Waals surface area contributed by atoms with E-state index in [0.717, 1.165) is 0 Å². The van der Waals surface area contributed by atoms with E-state index in [2.05, 4.69) is 26.8 Å². The van der Waals surface area contributed by atoms with Gasteiger partial charge in [-0.15, -0.1) is 0 Å². The Balaban J connectivity index is 2.27. The molecule has 4 unspecified atom stereocenters. The van der Waals surface area contributed by atoms with E-state index in [9.17, 15) is 9.90 Å². The summed E-state index contributed by atoms with van der Waals surface area (Å²) >= 11 is 0. The molecular weight excluding hydrogens is 472 g/mol. The first-order chi connectivity index (χ1) is 17.6. The van der Waals surface area contributed by atoms with E-state index in [1.807, 2.05) is 31.2 Å². The second-order valence-corrected chi connectivity index (χ2v) is 9.37. The van der Waals surface area contributed by atoms with Crippen LogP contribution in [0.15, 0.2) is 51.2 Å². The van der Waals surface area contributed by atoms with Crippen LogP contribution in [0, 0.1) is 18.8 Å². The summed E-state index contributed by atoms with van der Waals surface area (Å²) in [7, 11) is 6.31. The first-order valence-corrected chi connectivity index (χ1v) is 12.6. The number of methoxy groups -OCH3 is 4. The average Bonchev–Trinajstić information content (AvgIpc) is 2.90. The van der Waals surface area contributed by atoms with Crippen LogP contribution in [0.4, 0.5) is 0 Å². The number of phenols is 1. The van der Waals surface area contributed by atoms with Crippen molar-refractivity contribution < 1.29 is 28.5 Å². The Bertz CT molecular complexity index is 1190. The molecule has 7 heteroatoms. The van der Waals surface area contributed by atoms with Crippen LogP contribution in [0.25, 0.3) is 11.0 Å². The van der Waals surface area contributed by atoms with E-state index in [0.29, 0.717) is 29.9 Å². The largest absolute Gasteiger partial charge is 0.502 e. The normalized spacial score (nSPS) is 15.9. The van der Waals surface area contributed by atoms with Gasteiger partial charge in [0.1, 0.15) is 16.9 Å². The highest BCUT2D eigenvalue weighted by molar-refractivity contribution is 5.91. The average molecular weight is 515 g/mol. The predicted octanol–water partition coefficient (Wildman–Crippen LogP) is 6.14. The standard InChI is InChI=1S/C30H42O7/c1-10-18(2)13-11-12-14-22(33-6)21(5)29(36-9)19(3)15-16-23-20(4)27(31)26-24(34-7)17-25(35-8)28(32)30(26)37-23/h10-14,17,19,21-22,29,32H,15-16H2,1-9H3/b13-11+,14-12+,18-10+. The molecule has 1 aromatic heterocycles. The molecule has 2 rings (SSSR count). The third kappa shape index (κ3) is 7.05. The highest BCUT2D eigenvalue weighted by Crippen LogP contribution is 2.40. The van der Waals surface area contributed by atoms with Crippen molar-refractivity contribution in [2.75, 3.05) is 28.4 Å². The van der Waals surface area contributed by atoms with Crippen molar-refractivity contribution in [2.24, 2.45) is 11.8 Å². The van der Waals surface area contributed by atoms with Gasteiger partial charge in [-0.1, -0.05) is 49.8 Å². The van der Waals surface area contributed by atoms with Gasteiger partial charge in [-0.25, -0.2) is 0 Å². The molecule has 37 heavy (non-hydrogen) atoms. The van der Waals surface area contributed by atoms with Crippen LogP contribution in [0.5, 0.6) is 17.2 Å². The molecule has 0 aliphatic rings. The van der Waals surface area contributed by atoms with Gasteiger partial charge in [0.2, 0.25) is 5.75 Å². The molecule has 0 saturated heterocycles. The van der Waals surface area contributed by atoms with Crippen LogP contribution < -0.4 is 14.9 Å². The van der Waals surface area contributed by atoms with Gasteiger partial charge in [-0.2, -0.15) is 0 Å². The quantitative estimate of drug-likeness (QED) is 0.321. The zero-order chi connectivity index (χ0) is 27.7. The minimum atomic E-state index is -0.235. The summed E-state index contributed by atoms with van der Waals surface area (Å²) in [6.07, 6.45) is 11.1. The molecule has 1 aromatic carbocycles. The summed E-state index contributed by atoms with van der Waals surface area (Å²) in [4.78, 5) is 13.2. The Kier molecular flexibility index (Phi) is 11.5. The summed E-state index contributed by atoms with van der Waals surface area (Å²) in [5.74, 6) is 0.995. The number of hydrogen-bond donors (Lipinski definition) is 1. The molecule has 204 valence electrons. The monoisotopic (exact) mass is 514 g/mol. The number of aryl methyl sites for hydroxylation is 1. The van der Waals surface area contributed by atoms with Crippen LogP contribution in [-0.2, 0) is 15.9 Å². The summed E-state index contributed by atoms with van der Waals surface area (Å²) in [5, 5.41) is 10.8. The summed E-state index contributed by atoms with van der Waals surface area (Å²) in [6.45, 7) is 10.0. The smallest absolute Gasteiger partial charge is 0.202 e. The van der Waals surface area contributed by atoms with Crippen LogP contribution >= 0.6 is 0 Å². The number of benzene rings is 1. The molecule has 7 nitrogen and oxygen atoms in total. The Morgan fingerprint density at radius 1 is 1.08 bits per heavy atom. The molecule has 0 amide bonds. The van der Waals surface area contributed by atoms with E-state index >= 15 is 0 Å². The SMILES string of the molecule is C/C=C(C)/C=C/C=C/C(OC)C(C)C(OC)C(C)CCc1oc2c(O)c(OC)cc(OC)c2c(=O)c1C. The maximum absolute atomic E-state index is 13.2. The molecule has 0 aliphatic carbocycles. The van der Waals surface area contributed by atoms with E-state index < -0.39 is 0 Å². The van der Waals surface area contributed by atoms with E-state index in [1.54, 1.807) is 21.1 Å². The van der Waals surface area contributed by atoms with Crippen molar-refractivity contribution in [3.63, 3.8) is 0 Å². The minimum Gasteiger partial charge on any atom is -0.502 e. The summed E-state index contributed by atoms with van der Waals surface area (Å²) in [6, 6.07) is 1.48. The van der Waals surface area contributed by atoms with Gasteiger partial charge in [0.05, 0.1) is 26.4 Å². The fourth-order valence-corrected chi connectivity index (χ4v) is 4.61. The van der Waals surface area contributed by atoms with Gasteiger partial charge < -0.3 is 28.5 Å². The maximum atomic E-state index is 13.2. The van der Waals surface area contributed by atoms with E-state index in [1.165, 1.54) is 25.9 Å². The van der Waals surface area contributed by atoms with Gasteiger partial charge in [-0.05, 0) is 33.1 Å². The highest BCUT2D eigenvalue weighted by Gasteiger charge is 2.29. The summed E-state index contributed by atoms with van der Waals surface area (Å²) < 4.78 is 28.3. The molecule has 0 fully saturated rings. The van der Waals surface area contributed by atoms with Crippen LogP contribution in [0.1, 0.15) is 45.4 Å². The van der Waals surface area contributed by atoms with Crippen molar-refractivity contribution in [1.29, 1.82) is 0 Å². The number of allylic oxidation sites excluding steroid dienone is 5. The number of fused-ring (bicyclic) bond motifs is 1. The fraction of sp³-hybridized carbons (Fsp3) is 0.500. The molecule has 0 bridgehead atoms. The predicted molar refractivity (Wildman–Crippen MR) is 148 cm³/mol. The lowest BCUT2D eigenvalue weighted by atomic mass is 9.85. The lowest BCUT2D eigenvalue weighted by molar-refractivity contribution is -0.0343. The molecule has 1 N–H and O–H groups in total. The highest BCUT2D eigenvalue weighted by atomic mass is 16.5. The van der Waals surface area contributed by atoms with Crippen molar-refractivity contribution in [3.8, 4) is 17.2 Å². The van der Waals surface area contributed by atoms with Crippen LogP contribution in [0.2, 0.25) is 0 Å². The van der Waals surface area contributed by atoms with Crippen molar-refractivity contribution in [2.45, 2.75) is 59.7 Å². The van der Waals surface area contributed by atoms with E-state index in [-0.39, 0.29) is 51.9 Å². The van der Waals surface area contributed by atoms with Gasteiger partial charge in [0, 0.05) is 38.2 Å². The molecule has 0 saturated carbocycles. The number of hydrogen-bond acceptors (Lipinski definition) is 7. The number of aromatic hydroxyl groups is 1. The number of phenolic OH excluding ortho intramolecular Hbond substituents is 1. The first-order valence-electron chi connectivity index (χ1n) is 12.6. The Labute approximate surface area is 220 Å². The fourth-order valence-electron chi connectivity index (χ4n) is 4.61. The van der Waals surface area contributed by atoms with Gasteiger partial charge >= 0.3 is 0 Å². The summed E-state index contributed by atoms with van der Waals surface area (Å²) in [5.41, 5.74) is 1.51. The van der Waals surface area contributed by atoms with Gasteiger partial charge in [-0.3, -0.25) is 4.79 Å². The molecule has 4 atom stereocenters. The number of rotatable bonds is 13. The Morgan fingerprint density at radius 2 is 1.76 bits per heavy atom. The van der Waals surface area contributed by atoms with Gasteiger partial charge in [0.25, 0.3) is 0 Å². The topological polar surface area (TPSA) is 87.4 Å². The van der Waals surface area contributed by atoms with Crippen LogP contribution in [-0.4, -0.2) is 45.8 Å². The Morgan fingerprint density at radius 3 is 2.32 bits per heavy atom. The molecule has 0 radical (unpaired) electrons. The zero-order valence-corrected chi connectivity index (χ0v) is 23.6. The maximum Gasteiger partial charge on any atom is 0.202 e. The van der Waals surface area contributed by atoms with Crippen LogP contribution in [0.3, 0.4) is 0 Å². The van der Waals surface area contributed by atoms with Gasteiger partial charge in [0.15, 0.2) is 16.8 Å². The molecule has 1 heterocycles. The second kappa shape index (κ2) is 14.1. The first kappa shape index (κ1) is 30.2. The second-order valence-electron chi connectivity index (χ2n) is 9.37. The van der Waals surface area contributed by atoms with Crippen molar-refractivity contribution >= 4 is 11.0 Å². The molecule has 0 spiro atoms. The Hall–Kier alpha value is -3.03. The number of ether oxygens (including phenoxy) is 4. The zero-order valence-electron chi connectivity index (χ0n) is 23.6. The van der Waals surface area contributed by atoms with Crippen molar-refractivity contribution in [1.82, 2.24) is 0 Å². The van der Waals surface area contributed by atoms with E-state index in [4.69, 9.17) is 23.4 Å². The third-order valence-electron chi connectivity index (χ3n) is 7.03. The third-order valence-corrected chi connectivity index (χ3v) is 7.03. The molecular formula is C30H42O7. The van der Waals surface area contributed by atoms with Crippen molar-refractivity contribution in [3.05, 3.63) is 63.6 Å². The molecule has 0 aliphatic heterocycles.